The molecule has 0 bridgehead atoms. The molecule has 0 atom stereocenters. The second kappa shape index (κ2) is 7.64. The van der Waals surface area contributed by atoms with Crippen LogP contribution in [-0.4, -0.2) is 42.1 Å². The minimum Gasteiger partial charge on any atom is -0.486 e. The van der Waals surface area contributed by atoms with Crippen LogP contribution in [0.15, 0.2) is 42.6 Å². The van der Waals surface area contributed by atoms with E-state index >= 15 is 0 Å². The molecule has 5 nitrogen and oxygen atoms in total. The van der Waals surface area contributed by atoms with Crippen molar-refractivity contribution in [1.29, 1.82) is 0 Å². The van der Waals surface area contributed by atoms with Gasteiger partial charge in [-0.25, -0.2) is 0 Å². The molecule has 2 aromatic carbocycles. The van der Waals surface area contributed by atoms with E-state index in [9.17, 15) is 4.79 Å². The number of carbonyl (C=O) groups is 1. The molecule has 6 heteroatoms. The van der Waals surface area contributed by atoms with E-state index in [-0.39, 0.29) is 5.91 Å². The number of fused-ring (bicyclic) bond motifs is 2. The van der Waals surface area contributed by atoms with Crippen LogP contribution >= 0.6 is 11.6 Å². The average Bonchev–Trinajstić information content (AvgIpc) is 3.18. The summed E-state index contributed by atoms with van der Waals surface area (Å²) in [6.07, 6.45) is 4.42. The topological polar surface area (TPSA) is 54.6 Å². The number of aromatic nitrogens is 1. The number of nitrogens with zero attached hydrogens (tertiary/aromatic N) is 1. The van der Waals surface area contributed by atoms with E-state index < -0.39 is 0 Å². The van der Waals surface area contributed by atoms with Crippen LogP contribution in [0.2, 0.25) is 5.02 Å². The van der Waals surface area contributed by atoms with E-state index in [0.717, 1.165) is 31.5 Å². The molecule has 1 saturated heterocycles. The zero-order valence-electron chi connectivity index (χ0n) is 16.1. The first-order chi connectivity index (χ1) is 14.2. The van der Waals surface area contributed by atoms with Crippen molar-refractivity contribution in [3.8, 4) is 11.5 Å². The minimum absolute atomic E-state index is 0.134. The van der Waals surface area contributed by atoms with Crippen molar-refractivity contribution < 1.29 is 14.3 Å². The predicted octanol–water partition coefficient (Wildman–Crippen LogP) is 4.54. The van der Waals surface area contributed by atoms with E-state index in [1.165, 1.54) is 16.5 Å². The number of halogens is 1. The van der Waals surface area contributed by atoms with Crippen molar-refractivity contribution in [2.75, 3.05) is 26.3 Å². The smallest absolute Gasteiger partial charge is 0.226 e. The van der Waals surface area contributed by atoms with Crippen LogP contribution in [-0.2, 0) is 11.2 Å². The molecule has 29 heavy (non-hydrogen) atoms. The fourth-order valence-corrected chi connectivity index (χ4v) is 4.71. The SMILES string of the molecule is O=C(Cc1cc(Cl)c2c(c1)OCCO2)N1CCC(c2c[nH]c3ccccc23)CC1. The highest BCUT2D eigenvalue weighted by molar-refractivity contribution is 6.32. The Morgan fingerprint density at radius 3 is 2.79 bits per heavy atom. The number of aromatic amines is 1. The molecule has 2 aliphatic rings. The Bertz CT molecular complexity index is 1050. The van der Waals surface area contributed by atoms with Gasteiger partial charge in [-0.05, 0) is 48.1 Å². The van der Waals surface area contributed by atoms with Gasteiger partial charge in [-0.3, -0.25) is 4.79 Å². The lowest BCUT2D eigenvalue weighted by Gasteiger charge is -2.32. The largest absolute Gasteiger partial charge is 0.486 e. The maximum absolute atomic E-state index is 12.9. The summed E-state index contributed by atoms with van der Waals surface area (Å²) in [6, 6.07) is 12.1. The zero-order chi connectivity index (χ0) is 19.8. The van der Waals surface area contributed by atoms with E-state index in [4.69, 9.17) is 21.1 Å². The Balaban J connectivity index is 1.24. The molecular weight excluding hydrogens is 388 g/mol. The summed E-state index contributed by atoms with van der Waals surface area (Å²) in [5.74, 6) is 1.83. The second-order valence-electron chi connectivity index (χ2n) is 7.72. The number of para-hydroxylation sites is 1. The number of benzene rings is 2. The van der Waals surface area contributed by atoms with Crippen LogP contribution < -0.4 is 9.47 Å². The Labute approximate surface area is 174 Å². The summed E-state index contributed by atoms with van der Waals surface area (Å²) < 4.78 is 11.2. The van der Waals surface area contributed by atoms with E-state index in [0.29, 0.717) is 42.1 Å². The van der Waals surface area contributed by atoms with Gasteiger partial charge in [-0.1, -0.05) is 29.8 Å². The maximum Gasteiger partial charge on any atom is 0.226 e. The van der Waals surface area contributed by atoms with Crippen LogP contribution in [0.3, 0.4) is 0 Å². The lowest BCUT2D eigenvalue weighted by Crippen LogP contribution is -2.38. The van der Waals surface area contributed by atoms with Crippen LogP contribution in [0.1, 0.15) is 29.9 Å². The Kier molecular flexibility index (Phi) is 4.84. The number of hydrogen-bond donors (Lipinski definition) is 1. The molecule has 1 aromatic heterocycles. The van der Waals surface area contributed by atoms with E-state index in [2.05, 4.69) is 29.4 Å². The standard InChI is InChI=1S/C23H23ClN2O3/c24-19-11-15(12-21-23(19)29-10-9-28-21)13-22(27)26-7-5-16(6-8-26)18-14-25-20-4-2-1-3-17(18)20/h1-4,11-12,14,16,25H,5-10,13H2. The highest BCUT2D eigenvalue weighted by atomic mass is 35.5. The summed E-state index contributed by atoms with van der Waals surface area (Å²) in [7, 11) is 0. The Morgan fingerprint density at radius 2 is 1.93 bits per heavy atom. The summed E-state index contributed by atoms with van der Waals surface area (Å²) in [5, 5.41) is 1.80. The van der Waals surface area contributed by atoms with Crippen molar-refractivity contribution in [2.24, 2.45) is 0 Å². The first kappa shape index (κ1) is 18.4. The third kappa shape index (κ3) is 3.55. The number of carbonyl (C=O) groups excluding carboxylic acids is 1. The predicted molar refractivity (Wildman–Crippen MR) is 113 cm³/mol. The molecular formula is C23H23ClN2O3. The minimum atomic E-state index is 0.134. The number of nitrogens with one attached hydrogen (secondary N) is 1. The first-order valence-electron chi connectivity index (χ1n) is 10.1. The third-order valence-electron chi connectivity index (χ3n) is 5.92. The van der Waals surface area contributed by atoms with Crippen LogP contribution in [0, 0.1) is 0 Å². The van der Waals surface area contributed by atoms with Crippen molar-refractivity contribution in [3.05, 3.63) is 58.7 Å². The van der Waals surface area contributed by atoms with Gasteiger partial charge in [0.1, 0.15) is 13.2 Å². The van der Waals surface area contributed by atoms with E-state index in [1.54, 1.807) is 0 Å². The normalized spacial score (nSPS) is 16.9. The van der Waals surface area contributed by atoms with Crippen LogP contribution in [0.5, 0.6) is 11.5 Å². The molecule has 3 aromatic rings. The van der Waals surface area contributed by atoms with Crippen molar-refractivity contribution in [3.63, 3.8) is 0 Å². The van der Waals surface area contributed by atoms with Gasteiger partial charge in [0, 0.05) is 30.2 Å². The van der Waals surface area contributed by atoms with E-state index in [1.807, 2.05) is 23.1 Å². The average molecular weight is 411 g/mol. The summed E-state index contributed by atoms with van der Waals surface area (Å²) in [6.45, 7) is 2.56. The van der Waals surface area contributed by atoms with Gasteiger partial charge in [-0.2, -0.15) is 0 Å². The third-order valence-corrected chi connectivity index (χ3v) is 6.20. The van der Waals surface area contributed by atoms with Crippen molar-refractivity contribution >= 4 is 28.4 Å². The number of rotatable bonds is 3. The number of piperidine rings is 1. The quantitative estimate of drug-likeness (QED) is 0.689. The molecule has 150 valence electrons. The first-order valence-corrected chi connectivity index (χ1v) is 10.5. The molecule has 2 aliphatic heterocycles. The Hall–Kier alpha value is -2.66. The monoisotopic (exact) mass is 410 g/mol. The van der Waals surface area contributed by atoms with Gasteiger partial charge >= 0.3 is 0 Å². The lowest BCUT2D eigenvalue weighted by molar-refractivity contribution is -0.131. The molecule has 1 fully saturated rings. The lowest BCUT2D eigenvalue weighted by atomic mass is 9.89. The summed E-state index contributed by atoms with van der Waals surface area (Å²) >= 11 is 6.31. The van der Waals surface area contributed by atoms with Gasteiger partial charge in [0.25, 0.3) is 0 Å². The van der Waals surface area contributed by atoms with Gasteiger partial charge in [0.2, 0.25) is 5.91 Å². The van der Waals surface area contributed by atoms with Gasteiger partial charge in [0.15, 0.2) is 11.5 Å². The van der Waals surface area contributed by atoms with Gasteiger partial charge in [0.05, 0.1) is 11.4 Å². The molecule has 0 aliphatic carbocycles. The summed E-state index contributed by atoms with van der Waals surface area (Å²) in [5.41, 5.74) is 3.41. The molecule has 0 radical (unpaired) electrons. The second-order valence-corrected chi connectivity index (χ2v) is 8.13. The van der Waals surface area contributed by atoms with Crippen LogP contribution in [0.4, 0.5) is 0 Å². The molecule has 0 saturated carbocycles. The summed E-state index contributed by atoms with van der Waals surface area (Å²) in [4.78, 5) is 18.2. The number of likely N-dealkylation sites (tertiary alicyclic amines) is 1. The molecule has 1 N–H and O–H groups in total. The van der Waals surface area contributed by atoms with Crippen molar-refractivity contribution in [1.82, 2.24) is 9.88 Å². The van der Waals surface area contributed by atoms with Crippen molar-refractivity contribution in [2.45, 2.75) is 25.2 Å². The van der Waals surface area contributed by atoms with Crippen LogP contribution in [0.25, 0.3) is 10.9 Å². The van der Waals surface area contributed by atoms with Gasteiger partial charge < -0.3 is 19.4 Å². The highest BCUT2D eigenvalue weighted by Crippen LogP contribution is 2.39. The highest BCUT2D eigenvalue weighted by Gasteiger charge is 2.26. The fourth-order valence-electron chi connectivity index (χ4n) is 4.42. The number of hydrogen-bond acceptors (Lipinski definition) is 3. The molecule has 3 heterocycles. The molecule has 0 spiro atoms. The molecule has 1 amide bonds. The molecule has 0 unspecified atom stereocenters. The zero-order valence-corrected chi connectivity index (χ0v) is 16.9. The number of ether oxygens (including phenoxy) is 2. The fraction of sp³-hybridized carbons (Fsp3) is 0.348. The number of amides is 1. The van der Waals surface area contributed by atoms with Gasteiger partial charge in [-0.15, -0.1) is 0 Å². The number of H-pyrrole nitrogens is 1. The maximum atomic E-state index is 12.9. The molecule has 5 rings (SSSR count). The Morgan fingerprint density at radius 1 is 1.14 bits per heavy atom.